The smallest absolute Gasteiger partial charge is 0.269 e. The predicted molar refractivity (Wildman–Crippen MR) is 61.5 cm³/mol. The number of aliphatic hydroxyl groups is 1. The highest BCUT2D eigenvalue weighted by Gasteiger charge is 2.09. The van der Waals surface area contributed by atoms with Gasteiger partial charge < -0.3 is 10.4 Å². The molecule has 2 N–H and O–H groups in total. The van der Waals surface area contributed by atoms with Crippen LogP contribution in [0, 0.1) is 10.1 Å². The minimum Gasteiger partial charge on any atom is -0.392 e. The fraction of sp³-hybridized carbons (Fsp3) is 0.400. The van der Waals surface area contributed by atoms with Crippen LogP contribution in [0.3, 0.4) is 0 Å². The van der Waals surface area contributed by atoms with Crippen molar-refractivity contribution in [2.24, 2.45) is 0 Å². The molecule has 0 spiro atoms. The van der Waals surface area contributed by atoms with Gasteiger partial charge in [-0.3, -0.25) is 10.1 Å². The molecule has 88 valence electrons. The van der Waals surface area contributed by atoms with Crippen LogP contribution in [-0.4, -0.2) is 22.7 Å². The van der Waals surface area contributed by atoms with Gasteiger partial charge in [-0.2, -0.15) is 0 Å². The third-order valence-corrected chi connectivity index (χ3v) is 2.36. The average Bonchev–Trinajstić information content (AvgIpc) is 2.20. The normalized spacial score (nSPS) is 12.4. The molecule has 1 rings (SSSR count). The topological polar surface area (TPSA) is 75.4 Å². The van der Waals surface area contributed by atoms with Crippen LogP contribution >= 0.6 is 11.6 Å². The van der Waals surface area contributed by atoms with E-state index in [1.165, 1.54) is 18.2 Å². The van der Waals surface area contributed by atoms with Crippen LogP contribution in [0.2, 0.25) is 5.02 Å². The number of nitrogens with zero attached hydrogens (tertiary/aromatic N) is 1. The second-order valence-corrected chi connectivity index (χ2v) is 3.92. The van der Waals surface area contributed by atoms with Gasteiger partial charge in [-0.25, -0.2) is 0 Å². The number of hydrogen-bond acceptors (Lipinski definition) is 4. The van der Waals surface area contributed by atoms with E-state index in [0.717, 1.165) is 0 Å². The van der Waals surface area contributed by atoms with Crippen molar-refractivity contribution in [2.45, 2.75) is 19.6 Å². The molecule has 0 amide bonds. The molecule has 0 unspecified atom stereocenters. The maximum absolute atomic E-state index is 10.5. The first-order valence-electron chi connectivity index (χ1n) is 4.82. The van der Waals surface area contributed by atoms with Gasteiger partial charge in [0.1, 0.15) is 0 Å². The molecule has 6 heteroatoms. The fourth-order valence-electron chi connectivity index (χ4n) is 1.23. The summed E-state index contributed by atoms with van der Waals surface area (Å²) >= 11 is 5.89. The lowest BCUT2D eigenvalue weighted by Crippen LogP contribution is -2.24. The van der Waals surface area contributed by atoms with Gasteiger partial charge in [0.25, 0.3) is 5.69 Å². The summed E-state index contributed by atoms with van der Waals surface area (Å²) in [6, 6.07) is 4.29. The number of hydrogen-bond donors (Lipinski definition) is 2. The van der Waals surface area contributed by atoms with E-state index in [-0.39, 0.29) is 5.69 Å². The van der Waals surface area contributed by atoms with Crippen LogP contribution in [0.4, 0.5) is 5.69 Å². The highest BCUT2D eigenvalue weighted by atomic mass is 35.5. The van der Waals surface area contributed by atoms with Gasteiger partial charge >= 0.3 is 0 Å². The second-order valence-electron chi connectivity index (χ2n) is 3.51. The van der Waals surface area contributed by atoms with Crippen LogP contribution in [-0.2, 0) is 6.54 Å². The number of nitro benzene ring substituents is 1. The van der Waals surface area contributed by atoms with Crippen molar-refractivity contribution in [1.29, 1.82) is 0 Å². The van der Waals surface area contributed by atoms with E-state index in [1.54, 1.807) is 6.92 Å². The maximum atomic E-state index is 10.5. The number of non-ortho nitro benzene ring substituents is 1. The van der Waals surface area contributed by atoms with E-state index >= 15 is 0 Å². The molecule has 0 fully saturated rings. The van der Waals surface area contributed by atoms with Crippen LogP contribution < -0.4 is 5.32 Å². The van der Waals surface area contributed by atoms with Crippen LogP contribution in [0.25, 0.3) is 0 Å². The zero-order chi connectivity index (χ0) is 12.1. The Kier molecular flexibility index (Phi) is 4.67. The Morgan fingerprint density at radius 2 is 2.31 bits per heavy atom. The average molecular weight is 245 g/mol. The Morgan fingerprint density at radius 1 is 1.62 bits per heavy atom. The molecule has 1 aromatic carbocycles. The van der Waals surface area contributed by atoms with E-state index < -0.39 is 11.0 Å². The van der Waals surface area contributed by atoms with Crippen molar-refractivity contribution >= 4 is 17.3 Å². The highest BCUT2D eigenvalue weighted by Crippen LogP contribution is 2.21. The molecule has 0 aliphatic carbocycles. The summed E-state index contributed by atoms with van der Waals surface area (Å²) in [4.78, 5) is 10.1. The van der Waals surface area contributed by atoms with Crippen molar-refractivity contribution in [3.05, 3.63) is 38.9 Å². The molecule has 1 aromatic rings. The third kappa shape index (κ3) is 3.77. The van der Waals surface area contributed by atoms with Crippen molar-refractivity contribution in [2.75, 3.05) is 6.54 Å². The first kappa shape index (κ1) is 12.9. The summed E-state index contributed by atoms with van der Waals surface area (Å²) in [7, 11) is 0. The van der Waals surface area contributed by atoms with Gasteiger partial charge in [0.2, 0.25) is 0 Å². The molecule has 0 aliphatic heterocycles. The molecule has 0 aliphatic rings. The Bertz CT molecular complexity index is 382. The van der Waals surface area contributed by atoms with E-state index in [1.807, 2.05) is 0 Å². The number of aliphatic hydroxyl groups excluding tert-OH is 1. The van der Waals surface area contributed by atoms with Crippen molar-refractivity contribution in [3.8, 4) is 0 Å². The minimum atomic E-state index is -0.464. The van der Waals surface area contributed by atoms with E-state index in [4.69, 9.17) is 16.7 Å². The van der Waals surface area contributed by atoms with Crippen LogP contribution in [0.5, 0.6) is 0 Å². The van der Waals surface area contributed by atoms with Gasteiger partial charge in [-0.15, -0.1) is 0 Å². The lowest BCUT2D eigenvalue weighted by Gasteiger charge is -2.08. The van der Waals surface area contributed by atoms with E-state index in [0.29, 0.717) is 23.7 Å². The molecule has 0 heterocycles. The second kappa shape index (κ2) is 5.79. The van der Waals surface area contributed by atoms with Gasteiger partial charge in [-0.05, 0) is 18.6 Å². The fourth-order valence-corrected chi connectivity index (χ4v) is 1.41. The number of nitro groups is 1. The lowest BCUT2D eigenvalue weighted by molar-refractivity contribution is -0.384. The van der Waals surface area contributed by atoms with E-state index in [2.05, 4.69) is 5.32 Å². The first-order chi connectivity index (χ1) is 7.50. The highest BCUT2D eigenvalue weighted by molar-refractivity contribution is 6.31. The molecule has 1 atom stereocenters. The zero-order valence-corrected chi connectivity index (χ0v) is 9.57. The summed E-state index contributed by atoms with van der Waals surface area (Å²) in [5, 5.41) is 23.0. The summed E-state index contributed by atoms with van der Waals surface area (Å²) in [6.07, 6.45) is -0.461. The quantitative estimate of drug-likeness (QED) is 0.611. The molecule has 16 heavy (non-hydrogen) atoms. The number of nitrogens with one attached hydrogen (secondary N) is 1. The Balaban J connectivity index is 2.70. The monoisotopic (exact) mass is 244 g/mol. The van der Waals surface area contributed by atoms with Gasteiger partial charge in [0.15, 0.2) is 0 Å². The van der Waals surface area contributed by atoms with Crippen LogP contribution in [0.1, 0.15) is 12.5 Å². The SMILES string of the molecule is C[C@@H](O)CNCc1cc([N+](=O)[O-])ccc1Cl. The van der Waals surface area contributed by atoms with Crippen molar-refractivity contribution in [3.63, 3.8) is 0 Å². The molecule has 0 radical (unpaired) electrons. The molecule has 0 saturated carbocycles. The van der Waals surface area contributed by atoms with Gasteiger partial charge in [-0.1, -0.05) is 11.6 Å². The standard InChI is InChI=1S/C10H13ClN2O3/c1-7(14)5-12-6-8-4-9(13(15)16)2-3-10(8)11/h2-4,7,12,14H,5-6H2,1H3/t7-/m1/s1. The minimum absolute atomic E-state index is 0.0123. The summed E-state index contributed by atoms with van der Waals surface area (Å²) in [5.41, 5.74) is 0.662. The largest absolute Gasteiger partial charge is 0.392 e. The molecule has 0 aromatic heterocycles. The summed E-state index contributed by atoms with van der Waals surface area (Å²) in [6.45, 7) is 2.46. The maximum Gasteiger partial charge on any atom is 0.269 e. The first-order valence-corrected chi connectivity index (χ1v) is 5.20. The van der Waals surface area contributed by atoms with Gasteiger partial charge in [0.05, 0.1) is 11.0 Å². The predicted octanol–water partition coefficient (Wildman–Crippen LogP) is 1.72. The molecular formula is C10H13ClN2O3. The molecule has 0 bridgehead atoms. The molecule has 0 saturated heterocycles. The van der Waals surface area contributed by atoms with Crippen molar-refractivity contribution in [1.82, 2.24) is 5.32 Å². The number of halogens is 1. The van der Waals surface area contributed by atoms with Crippen LogP contribution in [0.15, 0.2) is 18.2 Å². The molecule has 5 nitrogen and oxygen atoms in total. The summed E-state index contributed by atoms with van der Waals surface area (Å²) in [5.74, 6) is 0. The third-order valence-electron chi connectivity index (χ3n) is 2.00. The Hall–Kier alpha value is -1.17. The molecular weight excluding hydrogens is 232 g/mol. The summed E-state index contributed by atoms with van der Waals surface area (Å²) < 4.78 is 0. The Labute approximate surface area is 98.2 Å². The van der Waals surface area contributed by atoms with Crippen molar-refractivity contribution < 1.29 is 10.0 Å². The number of benzene rings is 1. The zero-order valence-electron chi connectivity index (χ0n) is 8.81. The number of rotatable bonds is 5. The van der Waals surface area contributed by atoms with E-state index in [9.17, 15) is 10.1 Å². The van der Waals surface area contributed by atoms with Gasteiger partial charge in [0, 0.05) is 30.2 Å². The lowest BCUT2D eigenvalue weighted by atomic mass is 10.2. The Morgan fingerprint density at radius 3 is 2.88 bits per heavy atom.